The van der Waals surface area contributed by atoms with E-state index < -0.39 is 13.7 Å². The van der Waals surface area contributed by atoms with Crippen molar-refractivity contribution >= 4 is 71.9 Å². The van der Waals surface area contributed by atoms with E-state index in [-0.39, 0.29) is 14.0 Å². The molecule has 5 rings (SSSR count). The van der Waals surface area contributed by atoms with Gasteiger partial charge in [0, 0.05) is 21.2 Å². The van der Waals surface area contributed by atoms with Gasteiger partial charge >= 0.3 is 0 Å². The second kappa shape index (κ2) is 13.9. The summed E-state index contributed by atoms with van der Waals surface area (Å²) < 4.78 is 11.8. The lowest BCUT2D eigenvalue weighted by molar-refractivity contribution is -0.135. The molecule has 204 valence electrons. The Bertz CT molecular complexity index is 1240. The van der Waals surface area contributed by atoms with Crippen LogP contribution >= 0.6 is 50.6 Å². The van der Waals surface area contributed by atoms with Gasteiger partial charge in [-0.05, 0) is 101 Å². The van der Waals surface area contributed by atoms with E-state index in [1.54, 1.807) is 0 Å². The third-order valence-corrected chi connectivity index (χ3v) is 11.9. The number of aryl methyl sites for hydroxylation is 1. The highest BCUT2D eigenvalue weighted by molar-refractivity contribution is 7.73. The number of ether oxygens (including phenoxy) is 2. The van der Waals surface area contributed by atoms with Crippen LogP contribution in [0.4, 0.5) is 0 Å². The van der Waals surface area contributed by atoms with Crippen LogP contribution in [0, 0.1) is 6.92 Å². The van der Waals surface area contributed by atoms with Crippen LogP contribution in [-0.2, 0) is 9.47 Å². The second-order valence-corrected chi connectivity index (χ2v) is 15.6. The first-order valence-corrected chi connectivity index (χ1v) is 17.2. The molecule has 2 nitrogen and oxygen atoms in total. The highest BCUT2D eigenvalue weighted by atomic mass is 35.5. The summed E-state index contributed by atoms with van der Waals surface area (Å²) in [5.41, 5.74) is 1.28. The molecule has 0 saturated carbocycles. The first-order chi connectivity index (χ1) is 18.6. The Balaban J connectivity index is 0.000000193. The van der Waals surface area contributed by atoms with E-state index in [4.69, 9.17) is 44.3 Å². The first kappa shape index (κ1) is 30.5. The van der Waals surface area contributed by atoms with Crippen molar-refractivity contribution in [1.82, 2.24) is 0 Å². The zero-order valence-electron chi connectivity index (χ0n) is 22.6. The molecule has 1 aliphatic heterocycles. The summed E-state index contributed by atoms with van der Waals surface area (Å²) >= 11 is 17.8. The first-order valence-electron chi connectivity index (χ1n) is 12.8. The third kappa shape index (κ3) is 9.01. The maximum absolute atomic E-state index is 6.05. The smallest absolute Gasteiger partial charge is 0.163 e. The summed E-state index contributed by atoms with van der Waals surface area (Å²) in [6.07, 6.45) is 1.09. The number of rotatable bonds is 6. The number of hydrogen-bond donors (Lipinski definition) is 0. The molecule has 39 heavy (non-hydrogen) atoms. The van der Waals surface area contributed by atoms with E-state index >= 15 is 0 Å². The van der Waals surface area contributed by atoms with Gasteiger partial charge in [0.15, 0.2) is 5.79 Å². The molecule has 0 amide bonds. The van der Waals surface area contributed by atoms with Gasteiger partial charge in [-0.1, -0.05) is 101 Å². The van der Waals surface area contributed by atoms with Crippen LogP contribution in [0.3, 0.4) is 0 Å². The van der Waals surface area contributed by atoms with Crippen molar-refractivity contribution < 1.29 is 9.47 Å². The third-order valence-electron chi connectivity index (χ3n) is 6.37. The van der Waals surface area contributed by atoms with E-state index in [9.17, 15) is 0 Å². The van der Waals surface area contributed by atoms with E-state index in [0.717, 1.165) is 21.2 Å². The predicted molar refractivity (Wildman–Crippen MR) is 174 cm³/mol. The quantitative estimate of drug-likeness (QED) is 0.203. The normalized spacial score (nSPS) is 17.0. The summed E-state index contributed by atoms with van der Waals surface area (Å²) in [7, 11) is -0.805. The Kier molecular flexibility index (Phi) is 10.9. The summed E-state index contributed by atoms with van der Waals surface area (Å²) in [5, 5.41) is 7.66. The SMILES string of the molecule is CP(c1ccc(Cl)cc1)c1ccc(Cl)cc1.Cc1ccc(P(CC2COC(C)(C)O2)c2ccc(Cl)cc2)cc1. The van der Waals surface area contributed by atoms with Gasteiger partial charge < -0.3 is 9.47 Å². The molecule has 2 atom stereocenters. The minimum Gasteiger partial charge on any atom is -0.348 e. The standard InChI is InChI=1S/C19H22ClO2P.C13H11Cl2P/c1-14-4-8-17(9-5-14)23(18-10-6-15(20)7-11-18)13-16-12-21-19(2,3)22-16;1-16(12-6-2-10(14)3-7-12)13-8-4-11(15)5-9-13/h4-11,16H,12-13H2,1-3H3;2-9H,1H3. The van der Waals surface area contributed by atoms with Crippen LogP contribution in [-0.4, -0.2) is 31.3 Å². The molecule has 4 aromatic rings. The molecule has 1 heterocycles. The van der Waals surface area contributed by atoms with Crippen molar-refractivity contribution in [3.63, 3.8) is 0 Å². The van der Waals surface area contributed by atoms with Crippen molar-refractivity contribution in [2.45, 2.75) is 32.7 Å². The van der Waals surface area contributed by atoms with Crippen LogP contribution in [0.5, 0.6) is 0 Å². The van der Waals surface area contributed by atoms with Crippen LogP contribution in [0.2, 0.25) is 15.1 Å². The molecule has 0 radical (unpaired) electrons. The van der Waals surface area contributed by atoms with E-state index in [0.29, 0.717) is 6.61 Å². The lowest BCUT2D eigenvalue weighted by Crippen LogP contribution is -2.26. The largest absolute Gasteiger partial charge is 0.348 e. The Morgan fingerprint density at radius 1 is 0.667 bits per heavy atom. The molecule has 0 aliphatic carbocycles. The summed E-state index contributed by atoms with van der Waals surface area (Å²) in [5.74, 6) is -0.473. The van der Waals surface area contributed by atoms with Crippen LogP contribution in [0.25, 0.3) is 0 Å². The second-order valence-electron chi connectivity index (χ2n) is 9.89. The number of halogens is 3. The Hall–Kier alpha value is -1.47. The van der Waals surface area contributed by atoms with Crippen molar-refractivity contribution in [2.75, 3.05) is 19.4 Å². The van der Waals surface area contributed by atoms with Crippen molar-refractivity contribution in [3.05, 3.63) is 118 Å². The topological polar surface area (TPSA) is 18.5 Å². The average molecular weight is 618 g/mol. The summed E-state index contributed by atoms with van der Waals surface area (Å²) in [6, 6.07) is 33.1. The minimum atomic E-state index is -0.492. The van der Waals surface area contributed by atoms with E-state index in [1.807, 2.05) is 50.2 Å². The van der Waals surface area contributed by atoms with Crippen molar-refractivity contribution in [1.29, 1.82) is 0 Å². The van der Waals surface area contributed by atoms with Crippen LogP contribution < -0.4 is 21.2 Å². The zero-order valence-corrected chi connectivity index (χ0v) is 26.6. The molecule has 0 N–H and O–H groups in total. The van der Waals surface area contributed by atoms with Gasteiger partial charge in [0.1, 0.15) is 0 Å². The molecule has 1 aliphatic rings. The maximum atomic E-state index is 6.05. The van der Waals surface area contributed by atoms with Gasteiger partial charge in [-0.25, -0.2) is 0 Å². The van der Waals surface area contributed by atoms with Gasteiger partial charge in [0.05, 0.1) is 12.7 Å². The van der Waals surface area contributed by atoms with E-state index in [2.05, 4.69) is 74.3 Å². The predicted octanol–water partition coefficient (Wildman–Crippen LogP) is 8.29. The molecular weight excluding hydrogens is 585 g/mol. The van der Waals surface area contributed by atoms with Gasteiger partial charge in [-0.2, -0.15) is 0 Å². The highest BCUT2D eigenvalue weighted by Gasteiger charge is 2.34. The van der Waals surface area contributed by atoms with Gasteiger partial charge in [0.25, 0.3) is 0 Å². The molecule has 7 heteroatoms. The lowest BCUT2D eigenvalue weighted by Gasteiger charge is -2.23. The minimum absolute atomic E-state index is 0.132. The fourth-order valence-electron chi connectivity index (χ4n) is 4.24. The van der Waals surface area contributed by atoms with E-state index in [1.165, 1.54) is 26.8 Å². The highest BCUT2D eigenvalue weighted by Crippen LogP contribution is 2.38. The molecule has 1 fully saturated rings. The number of benzene rings is 4. The van der Waals surface area contributed by atoms with Gasteiger partial charge in [-0.3, -0.25) is 0 Å². The molecule has 4 aromatic carbocycles. The fraction of sp³-hybridized carbons (Fsp3) is 0.250. The Morgan fingerprint density at radius 3 is 1.44 bits per heavy atom. The van der Waals surface area contributed by atoms with Gasteiger partial charge in [-0.15, -0.1) is 0 Å². The molecule has 2 unspecified atom stereocenters. The average Bonchev–Trinajstić information content (AvgIpc) is 3.27. The summed E-state index contributed by atoms with van der Waals surface area (Å²) in [4.78, 5) is 0. The monoisotopic (exact) mass is 616 g/mol. The van der Waals surface area contributed by atoms with Crippen molar-refractivity contribution in [2.24, 2.45) is 0 Å². The number of hydrogen-bond acceptors (Lipinski definition) is 2. The van der Waals surface area contributed by atoms with Gasteiger partial charge in [0.2, 0.25) is 0 Å². The Labute approximate surface area is 250 Å². The molecule has 0 spiro atoms. The molecule has 0 bridgehead atoms. The molecular formula is C32H33Cl3O2P2. The fourth-order valence-corrected chi connectivity index (χ4v) is 8.43. The molecule has 1 saturated heterocycles. The summed E-state index contributed by atoms with van der Waals surface area (Å²) in [6.45, 7) is 8.96. The van der Waals surface area contributed by atoms with Crippen molar-refractivity contribution in [3.8, 4) is 0 Å². The zero-order chi connectivity index (χ0) is 28.0. The molecule has 0 aromatic heterocycles. The van der Waals surface area contributed by atoms with Crippen LogP contribution in [0.15, 0.2) is 97.1 Å². The van der Waals surface area contributed by atoms with Crippen LogP contribution in [0.1, 0.15) is 19.4 Å². The Morgan fingerprint density at radius 2 is 1.05 bits per heavy atom. The maximum Gasteiger partial charge on any atom is 0.163 e. The lowest BCUT2D eigenvalue weighted by atomic mass is 10.2.